The predicted molar refractivity (Wildman–Crippen MR) is 69.5 cm³/mol. The van der Waals surface area contributed by atoms with Gasteiger partial charge in [-0.05, 0) is 24.3 Å². The van der Waals surface area contributed by atoms with Crippen molar-refractivity contribution in [3.05, 3.63) is 64.6 Å². The van der Waals surface area contributed by atoms with E-state index >= 15 is 0 Å². The van der Waals surface area contributed by atoms with Crippen molar-refractivity contribution in [3.63, 3.8) is 0 Å². The SMILES string of the molecule is O=c1cc(-c2cccc(F)c2)oc2cc(O)ccc12. The Morgan fingerprint density at radius 3 is 2.68 bits per heavy atom. The summed E-state index contributed by atoms with van der Waals surface area (Å²) in [6.45, 7) is 0. The quantitative estimate of drug-likeness (QED) is 0.726. The summed E-state index contributed by atoms with van der Waals surface area (Å²) in [6.07, 6.45) is 0. The summed E-state index contributed by atoms with van der Waals surface area (Å²) in [7, 11) is 0. The maximum atomic E-state index is 13.2. The lowest BCUT2D eigenvalue weighted by molar-refractivity contribution is 0.474. The van der Waals surface area contributed by atoms with E-state index < -0.39 is 5.82 Å². The van der Waals surface area contributed by atoms with Crippen LogP contribution in [-0.2, 0) is 0 Å². The van der Waals surface area contributed by atoms with Crippen LogP contribution in [0.2, 0.25) is 0 Å². The molecule has 3 rings (SSSR count). The van der Waals surface area contributed by atoms with Gasteiger partial charge in [0.2, 0.25) is 0 Å². The van der Waals surface area contributed by atoms with E-state index in [1.54, 1.807) is 6.07 Å². The summed E-state index contributed by atoms with van der Waals surface area (Å²) in [5.74, 6) is -0.134. The van der Waals surface area contributed by atoms with Gasteiger partial charge in [-0.2, -0.15) is 0 Å². The second-order valence-corrected chi connectivity index (χ2v) is 4.17. The summed E-state index contributed by atoms with van der Waals surface area (Å²) < 4.78 is 18.7. The van der Waals surface area contributed by atoms with Crippen LogP contribution in [0.3, 0.4) is 0 Å². The first-order chi connectivity index (χ1) is 9.13. The van der Waals surface area contributed by atoms with Crippen LogP contribution in [0.4, 0.5) is 4.39 Å². The van der Waals surface area contributed by atoms with Gasteiger partial charge in [0.05, 0.1) is 5.39 Å². The van der Waals surface area contributed by atoms with Gasteiger partial charge >= 0.3 is 0 Å². The normalized spacial score (nSPS) is 10.8. The second-order valence-electron chi connectivity index (χ2n) is 4.17. The molecular formula is C15H9FO3. The fourth-order valence-electron chi connectivity index (χ4n) is 1.93. The van der Waals surface area contributed by atoms with Crippen molar-refractivity contribution in [3.8, 4) is 17.1 Å². The Hall–Kier alpha value is -2.62. The monoisotopic (exact) mass is 256 g/mol. The number of aromatic hydroxyl groups is 1. The predicted octanol–water partition coefficient (Wildman–Crippen LogP) is 3.30. The maximum absolute atomic E-state index is 13.2. The number of rotatable bonds is 1. The van der Waals surface area contributed by atoms with Gasteiger partial charge in [0.1, 0.15) is 22.9 Å². The van der Waals surface area contributed by atoms with Gasteiger partial charge in [0.25, 0.3) is 0 Å². The van der Waals surface area contributed by atoms with Crippen molar-refractivity contribution in [2.75, 3.05) is 0 Å². The van der Waals surface area contributed by atoms with Gasteiger partial charge in [-0.1, -0.05) is 12.1 Å². The lowest BCUT2D eigenvalue weighted by Crippen LogP contribution is -2.00. The molecule has 94 valence electrons. The van der Waals surface area contributed by atoms with Crippen LogP contribution in [0.1, 0.15) is 0 Å². The molecule has 0 fully saturated rings. The zero-order valence-electron chi connectivity index (χ0n) is 9.76. The highest BCUT2D eigenvalue weighted by Gasteiger charge is 2.08. The Balaban J connectivity index is 2.28. The number of fused-ring (bicyclic) bond motifs is 1. The zero-order chi connectivity index (χ0) is 13.4. The molecule has 2 aromatic carbocycles. The molecule has 0 atom stereocenters. The fourth-order valence-corrected chi connectivity index (χ4v) is 1.93. The van der Waals surface area contributed by atoms with Gasteiger partial charge in [0, 0.05) is 17.7 Å². The number of phenols is 1. The molecule has 1 aromatic heterocycles. The van der Waals surface area contributed by atoms with Crippen LogP contribution in [0.15, 0.2) is 57.7 Å². The van der Waals surface area contributed by atoms with E-state index in [1.807, 2.05) is 0 Å². The van der Waals surface area contributed by atoms with Crippen molar-refractivity contribution in [1.82, 2.24) is 0 Å². The van der Waals surface area contributed by atoms with Crippen LogP contribution >= 0.6 is 0 Å². The molecule has 0 spiro atoms. The molecule has 0 radical (unpaired) electrons. The Labute approximate surface area is 107 Å². The molecular weight excluding hydrogens is 247 g/mol. The Morgan fingerprint density at radius 1 is 1.05 bits per heavy atom. The largest absolute Gasteiger partial charge is 0.508 e. The van der Waals surface area contributed by atoms with Crippen LogP contribution in [0.25, 0.3) is 22.3 Å². The summed E-state index contributed by atoms with van der Waals surface area (Å²) >= 11 is 0. The molecule has 0 saturated carbocycles. The molecule has 3 aromatic rings. The van der Waals surface area contributed by atoms with Crippen molar-refractivity contribution in [1.29, 1.82) is 0 Å². The van der Waals surface area contributed by atoms with Crippen molar-refractivity contribution in [2.24, 2.45) is 0 Å². The van der Waals surface area contributed by atoms with Gasteiger partial charge in [0.15, 0.2) is 5.43 Å². The standard InChI is InChI=1S/C15H9FO3/c16-10-3-1-2-9(6-10)14-8-13(18)12-5-4-11(17)7-15(12)19-14/h1-8,17H. The molecule has 3 nitrogen and oxygen atoms in total. The third-order valence-corrected chi connectivity index (χ3v) is 2.82. The highest BCUT2D eigenvalue weighted by molar-refractivity contribution is 5.79. The van der Waals surface area contributed by atoms with Crippen molar-refractivity contribution >= 4 is 11.0 Å². The first-order valence-corrected chi connectivity index (χ1v) is 5.66. The first kappa shape index (κ1) is 11.5. The highest BCUT2D eigenvalue weighted by atomic mass is 19.1. The minimum atomic E-state index is -0.406. The van der Waals surface area contributed by atoms with Crippen LogP contribution < -0.4 is 5.43 Å². The third kappa shape index (κ3) is 2.08. The summed E-state index contributed by atoms with van der Waals surface area (Å²) in [5.41, 5.74) is 0.509. The van der Waals surface area contributed by atoms with E-state index in [1.165, 1.54) is 42.5 Å². The first-order valence-electron chi connectivity index (χ1n) is 5.66. The third-order valence-electron chi connectivity index (χ3n) is 2.82. The Kier molecular flexibility index (Phi) is 2.56. The molecule has 0 saturated heterocycles. The smallest absolute Gasteiger partial charge is 0.193 e. The van der Waals surface area contributed by atoms with Gasteiger partial charge < -0.3 is 9.52 Å². The number of hydrogen-bond donors (Lipinski definition) is 1. The van der Waals surface area contributed by atoms with Crippen molar-refractivity contribution < 1.29 is 13.9 Å². The van der Waals surface area contributed by atoms with E-state index in [9.17, 15) is 14.3 Å². The second kappa shape index (κ2) is 4.24. The summed E-state index contributed by atoms with van der Waals surface area (Å²) in [4.78, 5) is 11.9. The van der Waals surface area contributed by atoms with Crippen molar-refractivity contribution in [2.45, 2.75) is 0 Å². The Morgan fingerprint density at radius 2 is 1.89 bits per heavy atom. The number of halogens is 1. The number of hydrogen-bond acceptors (Lipinski definition) is 3. The zero-order valence-corrected chi connectivity index (χ0v) is 9.76. The van der Waals surface area contributed by atoms with Gasteiger partial charge in [-0.25, -0.2) is 4.39 Å². The van der Waals surface area contributed by atoms with E-state index in [-0.39, 0.29) is 22.5 Å². The van der Waals surface area contributed by atoms with Crippen LogP contribution in [0.5, 0.6) is 5.75 Å². The summed E-state index contributed by atoms with van der Waals surface area (Å²) in [5, 5.41) is 9.78. The average Bonchev–Trinajstić information content (AvgIpc) is 2.38. The lowest BCUT2D eigenvalue weighted by atomic mass is 10.1. The van der Waals surface area contributed by atoms with E-state index in [2.05, 4.69) is 0 Å². The molecule has 1 heterocycles. The minimum absolute atomic E-state index is 0.00652. The molecule has 0 unspecified atom stereocenters. The summed E-state index contributed by atoms with van der Waals surface area (Å²) in [6, 6.07) is 11.4. The Bertz CT molecular complexity index is 821. The van der Waals surface area contributed by atoms with E-state index in [0.717, 1.165) is 0 Å². The molecule has 0 bridgehead atoms. The van der Waals surface area contributed by atoms with Gasteiger partial charge in [-0.15, -0.1) is 0 Å². The van der Waals surface area contributed by atoms with E-state index in [4.69, 9.17) is 4.42 Å². The fraction of sp³-hybridized carbons (Fsp3) is 0. The topological polar surface area (TPSA) is 50.4 Å². The van der Waals surface area contributed by atoms with Gasteiger partial charge in [-0.3, -0.25) is 4.79 Å². The number of benzene rings is 2. The number of phenolic OH excluding ortho intramolecular Hbond substituents is 1. The average molecular weight is 256 g/mol. The molecule has 4 heteroatoms. The molecule has 19 heavy (non-hydrogen) atoms. The highest BCUT2D eigenvalue weighted by Crippen LogP contribution is 2.24. The lowest BCUT2D eigenvalue weighted by Gasteiger charge is -2.03. The molecule has 1 N–H and O–H groups in total. The minimum Gasteiger partial charge on any atom is -0.508 e. The molecule has 0 aliphatic heterocycles. The maximum Gasteiger partial charge on any atom is 0.193 e. The van der Waals surface area contributed by atoms with Crippen LogP contribution in [-0.4, -0.2) is 5.11 Å². The van der Waals surface area contributed by atoms with E-state index in [0.29, 0.717) is 10.9 Å². The van der Waals surface area contributed by atoms with Crippen LogP contribution in [0, 0.1) is 5.82 Å². The molecule has 0 aliphatic rings. The molecule has 0 amide bonds. The molecule has 0 aliphatic carbocycles.